The first-order valence-electron chi connectivity index (χ1n) is 13.0. The molecule has 0 spiro atoms. The van der Waals surface area contributed by atoms with Gasteiger partial charge in [0, 0.05) is 26.9 Å². The van der Waals surface area contributed by atoms with Crippen LogP contribution in [-0.2, 0) is 0 Å². The Morgan fingerprint density at radius 3 is 1.42 bits per heavy atom. The van der Waals surface area contributed by atoms with Crippen molar-refractivity contribution in [3.8, 4) is 0 Å². The van der Waals surface area contributed by atoms with E-state index in [2.05, 4.69) is 144 Å². The van der Waals surface area contributed by atoms with Crippen molar-refractivity contribution in [3.05, 3.63) is 140 Å². The average molecular weight is 486 g/mol. The fourth-order valence-electron chi connectivity index (χ4n) is 5.88. The molecule has 1 aromatic heterocycles. The van der Waals surface area contributed by atoms with Gasteiger partial charge in [-0.05, 0) is 40.4 Å². The molecule has 0 N–H and O–H groups in total. The third kappa shape index (κ3) is 3.07. The lowest BCUT2D eigenvalue weighted by Gasteiger charge is -2.28. The predicted molar refractivity (Wildman–Crippen MR) is 161 cm³/mol. The maximum Gasteiger partial charge on any atom is 0.159 e. The van der Waals surface area contributed by atoms with E-state index in [1.165, 1.54) is 26.9 Å². The summed E-state index contributed by atoms with van der Waals surface area (Å²) in [5.74, 6) is 0. The first-order valence-corrected chi connectivity index (χ1v) is 13.0. The van der Waals surface area contributed by atoms with E-state index in [1.807, 2.05) is 0 Å². The largest absolute Gasteiger partial charge is 0.453 e. The maximum atomic E-state index is 6.80. The van der Waals surface area contributed by atoms with Crippen LogP contribution in [0.1, 0.15) is 0 Å². The number of fused-ring (bicyclic) bond motifs is 7. The summed E-state index contributed by atoms with van der Waals surface area (Å²) >= 11 is 0. The molecule has 38 heavy (non-hydrogen) atoms. The number of anilines is 3. The fourth-order valence-corrected chi connectivity index (χ4v) is 5.88. The van der Waals surface area contributed by atoms with Crippen LogP contribution in [0.5, 0.6) is 0 Å². The van der Waals surface area contributed by atoms with Crippen LogP contribution in [0.3, 0.4) is 0 Å². The highest BCUT2D eigenvalue weighted by molar-refractivity contribution is 6.18. The van der Waals surface area contributed by atoms with Crippen LogP contribution >= 0.6 is 0 Å². The molecule has 0 bridgehead atoms. The van der Waals surface area contributed by atoms with Crippen molar-refractivity contribution in [2.24, 2.45) is 0 Å². The second-order valence-electron chi connectivity index (χ2n) is 9.75. The monoisotopic (exact) mass is 485 g/mol. The lowest BCUT2D eigenvalue weighted by atomic mass is 10.0. The zero-order valence-electron chi connectivity index (χ0n) is 20.6. The van der Waals surface area contributed by atoms with Gasteiger partial charge in [0.25, 0.3) is 0 Å². The van der Waals surface area contributed by atoms with Crippen molar-refractivity contribution in [1.29, 1.82) is 0 Å². The highest BCUT2D eigenvalue weighted by Crippen LogP contribution is 2.46. The van der Waals surface area contributed by atoms with E-state index in [0.717, 1.165) is 44.4 Å². The third-order valence-electron chi connectivity index (χ3n) is 7.62. The lowest BCUT2D eigenvalue weighted by Crippen LogP contribution is -2.11. The van der Waals surface area contributed by atoms with E-state index >= 15 is 0 Å². The molecule has 2 nitrogen and oxygen atoms in total. The molecule has 0 saturated carbocycles. The Morgan fingerprint density at radius 1 is 0.316 bits per heavy atom. The molecule has 0 atom stereocenters. The molecule has 0 aliphatic heterocycles. The van der Waals surface area contributed by atoms with Crippen molar-refractivity contribution in [2.75, 3.05) is 4.90 Å². The Kier molecular flexibility index (Phi) is 4.55. The maximum absolute atomic E-state index is 6.80. The number of rotatable bonds is 3. The zero-order chi connectivity index (χ0) is 25.1. The van der Waals surface area contributed by atoms with E-state index in [-0.39, 0.29) is 0 Å². The summed E-state index contributed by atoms with van der Waals surface area (Å²) in [6.45, 7) is 0. The van der Waals surface area contributed by atoms with E-state index in [9.17, 15) is 0 Å². The molecule has 0 saturated heterocycles. The average Bonchev–Trinajstić information content (AvgIpc) is 3.38. The highest BCUT2D eigenvalue weighted by atomic mass is 16.3. The molecule has 7 aromatic carbocycles. The summed E-state index contributed by atoms with van der Waals surface area (Å²) in [5.41, 5.74) is 5.09. The number of benzene rings is 7. The van der Waals surface area contributed by atoms with Gasteiger partial charge in [-0.1, -0.05) is 115 Å². The molecular formula is C36H23NO. The minimum Gasteiger partial charge on any atom is -0.453 e. The van der Waals surface area contributed by atoms with Gasteiger partial charge in [-0.15, -0.1) is 0 Å². The van der Waals surface area contributed by atoms with Crippen LogP contribution < -0.4 is 4.90 Å². The fraction of sp³-hybridized carbons (Fsp3) is 0. The minimum absolute atomic E-state index is 0.889. The predicted octanol–water partition coefficient (Wildman–Crippen LogP) is 10.5. The normalized spacial score (nSPS) is 11.7. The van der Waals surface area contributed by atoms with Crippen molar-refractivity contribution in [3.63, 3.8) is 0 Å². The summed E-state index contributed by atoms with van der Waals surface area (Å²) in [6, 6.07) is 49.5. The Balaban J connectivity index is 1.51. The number of hydrogen-bond donors (Lipinski definition) is 0. The number of hydrogen-bond acceptors (Lipinski definition) is 2. The molecule has 0 fully saturated rings. The van der Waals surface area contributed by atoms with Gasteiger partial charge in [0.1, 0.15) is 5.58 Å². The first kappa shape index (κ1) is 21.0. The summed E-state index contributed by atoms with van der Waals surface area (Å²) in [5, 5.41) is 9.37. The van der Waals surface area contributed by atoms with Crippen molar-refractivity contribution in [1.82, 2.24) is 0 Å². The van der Waals surface area contributed by atoms with Crippen LogP contribution in [-0.4, -0.2) is 0 Å². The number of nitrogens with zero attached hydrogens (tertiary/aromatic N) is 1. The minimum atomic E-state index is 0.889. The molecule has 1 heterocycles. The van der Waals surface area contributed by atoms with Crippen LogP contribution in [0.4, 0.5) is 17.1 Å². The van der Waals surface area contributed by atoms with Crippen molar-refractivity contribution >= 4 is 71.3 Å². The smallest absolute Gasteiger partial charge is 0.159 e. The molecule has 0 unspecified atom stereocenters. The van der Waals surface area contributed by atoms with E-state index in [0.29, 0.717) is 0 Å². The van der Waals surface area contributed by atoms with Gasteiger partial charge in [0.15, 0.2) is 5.58 Å². The Labute approximate surface area is 220 Å². The van der Waals surface area contributed by atoms with Crippen LogP contribution in [0.2, 0.25) is 0 Å². The van der Waals surface area contributed by atoms with Gasteiger partial charge in [-0.2, -0.15) is 0 Å². The molecule has 0 amide bonds. The Hall–Kier alpha value is -5.08. The summed E-state index contributed by atoms with van der Waals surface area (Å²) in [6.07, 6.45) is 0. The molecule has 8 rings (SSSR count). The van der Waals surface area contributed by atoms with Crippen LogP contribution in [0, 0.1) is 0 Å². The molecule has 8 aromatic rings. The number of furan rings is 1. The Bertz CT molecular complexity index is 2060. The van der Waals surface area contributed by atoms with E-state index in [1.54, 1.807) is 0 Å². The molecule has 2 heteroatoms. The molecule has 0 aliphatic rings. The van der Waals surface area contributed by atoms with Gasteiger partial charge in [-0.25, -0.2) is 0 Å². The topological polar surface area (TPSA) is 16.4 Å². The van der Waals surface area contributed by atoms with E-state index in [4.69, 9.17) is 4.42 Å². The highest BCUT2D eigenvalue weighted by Gasteiger charge is 2.22. The molecule has 178 valence electrons. The van der Waals surface area contributed by atoms with Crippen molar-refractivity contribution < 1.29 is 4.42 Å². The SMILES string of the molecule is c1ccc2c(N(c3cccc4ccccc34)c3cccc4c3oc3c5ccccc5ccc43)cccc2c1. The van der Waals surface area contributed by atoms with E-state index < -0.39 is 0 Å². The first-order chi connectivity index (χ1) is 18.9. The second-order valence-corrected chi connectivity index (χ2v) is 9.75. The molecule has 0 aliphatic carbocycles. The van der Waals surface area contributed by atoms with Gasteiger partial charge in [-0.3, -0.25) is 0 Å². The second kappa shape index (κ2) is 8.22. The van der Waals surface area contributed by atoms with Crippen LogP contribution in [0.25, 0.3) is 54.3 Å². The Morgan fingerprint density at radius 2 is 0.763 bits per heavy atom. The molecule has 0 radical (unpaired) electrons. The van der Waals surface area contributed by atoms with Gasteiger partial charge < -0.3 is 9.32 Å². The summed E-state index contributed by atoms with van der Waals surface area (Å²) in [4.78, 5) is 2.37. The molecular weight excluding hydrogens is 462 g/mol. The summed E-state index contributed by atoms with van der Waals surface area (Å²) < 4.78 is 6.80. The third-order valence-corrected chi connectivity index (χ3v) is 7.62. The van der Waals surface area contributed by atoms with Gasteiger partial charge in [0.2, 0.25) is 0 Å². The van der Waals surface area contributed by atoms with Crippen LogP contribution in [0.15, 0.2) is 144 Å². The van der Waals surface area contributed by atoms with Gasteiger partial charge in [0.05, 0.1) is 17.1 Å². The standard InChI is InChI=1S/C36H23NO/c1-4-15-27-24(10-1)13-7-19-32(27)37(33-20-8-14-25-11-2-5-16-28(25)33)34-21-9-18-30-31-23-22-26-12-3-6-17-29(26)35(31)38-36(30)34/h1-23H. The summed E-state index contributed by atoms with van der Waals surface area (Å²) in [7, 11) is 0. The van der Waals surface area contributed by atoms with Gasteiger partial charge >= 0.3 is 0 Å². The lowest BCUT2D eigenvalue weighted by molar-refractivity contribution is 0.673. The quantitative estimate of drug-likeness (QED) is 0.247. The number of para-hydroxylation sites is 1. The van der Waals surface area contributed by atoms with Crippen molar-refractivity contribution in [2.45, 2.75) is 0 Å². The zero-order valence-corrected chi connectivity index (χ0v) is 20.6.